The van der Waals surface area contributed by atoms with Crippen LogP contribution in [0.2, 0.25) is 0 Å². The number of rotatable bonds is 3. The Morgan fingerprint density at radius 1 is 1.26 bits per heavy atom. The van der Waals surface area contributed by atoms with E-state index in [2.05, 4.69) is 6.07 Å². The summed E-state index contributed by atoms with van der Waals surface area (Å²) in [6.45, 7) is 1.26. The van der Waals surface area contributed by atoms with Gasteiger partial charge in [0.1, 0.15) is 0 Å². The van der Waals surface area contributed by atoms with Crippen molar-refractivity contribution >= 4 is 10.0 Å². The number of nitriles is 1. The second-order valence-corrected chi connectivity index (χ2v) is 8.27. The van der Waals surface area contributed by atoms with Crippen molar-refractivity contribution in [3.05, 3.63) is 0 Å². The van der Waals surface area contributed by atoms with Gasteiger partial charge in [-0.25, -0.2) is 12.7 Å². The van der Waals surface area contributed by atoms with Crippen LogP contribution in [0.25, 0.3) is 0 Å². The van der Waals surface area contributed by atoms with Gasteiger partial charge in [0.05, 0.1) is 17.7 Å². The minimum Gasteiger partial charge on any atom is -0.213 e. The Hall–Kier alpha value is -0.600. The zero-order valence-corrected chi connectivity index (χ0v) is 12.6. The summed E-state index contributed by atoms with van der Waals surface area (Å²) in [5.41, 5.74) is -0.177. The third kappa shape index (κ3) is 3.70. The van der Waals surface area contributed by atoms with Gasteiger partial charge in [-0.15, -0.1) is 0 Å². The van der Waals surface area contributed by atoms with Crippen LogP contribution in [-0.2, 0) is 10.0 Å². The minimum absolute atomic E-state index is 0.177. The van der Waals surface area contributed by atoms with Crippen LogP contribution in [0.5, 0.6) is 0 Å². The van der Waals surface area contributed by atoms with Crippen molar-refractivity contribution in [1.82, 2.24) is 4.31 Å². The highest BCUT2D eigenvalue weighted by molar-refractivity contribution is 7.88. The molecule has 0 amide bonds. The lowest BCUT2D eigenvalue weighted by Gasteiger charge is -2.37. The molecule has 0 aromatic carbocycles. The fourth-order valence-electron chi connectivity index (χ4n) is 3.64. The summed E-state index contributed by atoms with van der Waals surface area (Å²) >= 11 is 0. The molecule has 0 N–H and O–H groups in total. The standard InChI is InChI=1S/C14H24N2O2S/c1-19(17,18)16-9-5-6-13(11-16)10-14(12-15)7-3-2-4-8-14/h13H,2-11H2,1H3. The Labute approximate surface area is 116 Å². The highest BCUT2D eigenvalue weighted by Gasteiger charge is 2.37. The molecule has 5 heteroatoms. The Morgan fingerprint density at radius 3 is 2.53 bits per heavy atom. The van der Waals surface area contributed by atoms with E-state index in [0.717, 1.165) is 44.9 Å². The van der Waals surface area contributed by atoms with Crippen LogP contribution < -0.4 is 0 Å². The summed E-state index contributed by atoms with van der Waals surface area (Å²) in [5.74, 6) is 0.362. The molecule has 1 atom stereocenters. The van der Waals surface area contributed by atoms with Crippen LogP contribution in [0.4, 0.5) is 0 Å². The van der Waals surface area contributed by atoms with Gasteiger partial charge in [-0.05, 0) is 38.0 Å². The first-order valence-electron chi connectivity index (χ1n) is 7.32. The van der Waals surface area contributed by atoms with Crippen LogP contribution in [-0.4, -0.2) is 32.1 Å². The summed E-state index contributed by atoms with van der Waals surface area (Å²) in [7, 11) is -3.08. The number of nitrogens with zero attached hydrogens (tertiary/aromatic N) is 2. The molecule has 19 heavy (non-hydrogen) atoms. The van der Waals surface area contributed by atoms with Gasteiger partial charge in [0.15, 0.2) is 0 Å². The normalized spacial score (nSPS) is 28.7. The molecule has 2 fully saturated rings. The van der Waals surface area contributed by atoms with Crippen LogP contribution in [0.1, 0.15) is 51.4 Å². The van der Waals surface area contributed by atoms with Gasteiger partial charge in [-0.1, -0.05) is 19.3 Å². The number of hydrogen-bond donors (Lipinski definition) is 0. The van der Waals surface area contributed by atoms with Crippen molar-refractivity contribution < 1.29 is 8.42 Å². The molecule has 1 saturated carbocycles. The SMILES string of the molecule is CS(=O)(=O)N1CCCC(CC2(C#N)CCCCC2)C1. The molecular weight excluding hydrogens is 260 g/mol. The van der Waals surface area contributed by atoms with Crippen molar-refractivity contribution in [2.75, 3.05) is 19.3 Å². The van der Waals surface area contributed by atoms with Crippen molar-refractivity contribution in [2.24, 2.45) is 11.3 Å². The van der Waals surface area contributed by atoms with E-state index in [9.17, 15) is 13.7 Å². The monoisotopic (exact) mass is 284 g/mol. The van der Waals surface area contributed by atoms with Crippen LogP contribution in [0.3, 0.4) is 0 Å². The molecule has 0 bridgehead atoms. The topological polar surface area (TPSA) is 61.2 Å². The molecule has 0 aromatic heterocycles. The second-order valence-electron chi connectivity index (χ2n) is 6.29. The maximum absolute atomic E-state index is 11.6. The van der Waals surface area contributed by atoms with E-state index >= 15 is 0 Å². The Morgan fingerprint density at radius 2 is 1.95 bits per heavy atom. The number of sulfonamides is 1. The Bertz CT molecular complexity index is 447. The smallest absolute Gasteiger partial charge is 0.211 e. The van der Waals surface area contributed by atoms with Crippen LogP contribution >= 0.6 is 0 Å². The van der Waals surface area contributed by atoms with E-state index in [0.29, 0.717) is 19.0 Å². The zero-order chi connectivity index (χ0) is 13.9. The molecule has 1 aliphatic heterocycles. The maximum atomic E-state index is 11.6. The fourth-order valence-corrected chi connectivity index (χ4v) is 4.58. The van der Waals surface area contributed by atoms with Gasteiger partial charge in [0, 0.05) is 13.1 Å². The van der Waals surface area contributed by atoms with E-state index < -0.39 is 10.0 Å². The first-order chi connectivity index (χ1) is 8.95. The highest BCUT2D eigenvalue weighted by Crippen LogP contribution is 2.42. The largest absolute Gasteiger partial charge is 0.213 e. The average molecular weight is 284 g/mol. The molecule has 1 unspecified atom stereocenters. The third-order valence-electron chi connectivity index (χ3n) is 4.68. The summed E-state index contributed by atoms with van der Waals surface area (Å²) in [6, 6.07) is 2.55. The third-order valence-corrected chi connectivity index (χ3v) is 5.95. The lowest BCUT2D eigenvalue weighted by atomic mass is 9.69. The molecule has 1 heterocycles. The van der Waals surface area contributed by atoms with E-state index in [4.69, 9.17) is 0 Å². The van der Waals surface area contributed by atoms with Crippen molar-refractivity contribution in [3.8, 4) is 6.07 Å². The molecular formula is C14H24N2O2S. The van der Waals surface area contributed by atoms with E-state index in [1.165, 1.54) is 12.7 Å². The predicted molar refractivity (Wildman–Crippen MR) is 74.9 cm³/mol. The summed E-state index contributed by atoms with van der Waals surface area (Å²) in [6.07, 6.45) is 9.70. The number of hydrogen-bond acceptors (Lipinski definition) is 3. The van der Waals surface area contributed by atoms with Gasteiger partial charge >= 0.3 is 0 Å². The van der Waals surface area contributed by atoms with Crippen LogP contribution in [0, 0.1) is 22.7 Å². The van der Waals surface area contributed by atoms with Gasteiger partial charge < -0.3 is 0 Å². The molecule has 2 rings (SSSR count). The summed E-state index contributed by atoms with van der Waals surface area (Å²) < 4.78 is 24.9. The molecule has 0 aromatic rings. The second kappa shape index (κ2) is 5.80. The lowest BCUT2D eigenvalue weighted by molar-refractivity contribution is 0.164. The van der Waals surface area contributed by atoms with E-state index in [1.807, 2.05) is 0 Å². The molecule has 2 aliphatic rings. The first kappa shape index (κ1) is 14.8. The van der Waals surface area contributed by atoms with Gasteiger partial charge in [-0.2, -0.15) is 5.26 Å². The van der Waals surface area contributed by atoms with Gasteiger partial charge in [-0.3, -0.25) is 0 Å². The molecule has 0 radical (unpaired) electrons. The first-order valence-corrected chi connectivity index (χ1v) is 9.16. The minimum atomic E-state index is -3.08. The Balaban J connectivity index is 2.00. The maximum Gasteiger partial charge on any atom is 0.211 e. The zero-order valence-electron chi connectivity index (χ0n) is 11.8. The molecule has 0 spiro atoms. The quantitative estimate of drug-likeness (QED) is 0.800. The van der Waals surface area contributed by atoms with Crippen molar-refractivity contribution in [3.63, 3.8) is 0 Å². The lowest BCUT2D eigenvalue weighted by Crippen LogP contribution is -2.41. The van der Waals surface area contributed by atoms with Gasteiger partial charge in [0.25, 0.3) is 0 Å². The van der Waals surface area contributed by atoms with Crippen molar-refractivity contribution in [2.45, 2.75) is 51.4 Å². The highest BCUT2D eigenvalue weighted by atomic mass is 32.2. The molecule has 1 aliphatic carbocycles. The summed E-state index contributed by atoms with van der Waals surface area (Å²) in [5, 5.41) is 9.52. The number of piperidine rings is 1. The van der Waals surface area contributed by atoms with E-state index in [1.54, 1.807) is 4.31 Å². The van der Waals surface area contributed by atoms with E-state index in [-0.39, 0.29) is 5.41 Å². The summed E-state index contributed by atoms with van der Waals surface area (Å²) in [4.78, 5) is 0. The van der Waals surface area contributed by atoms with Crippen LogP contribution in [0.15, 0.2) is 0 Å². The molecule has 108 valence electrons. The molecule has 4 nitrogen and oxygen atoms in total. The fraction of sp³-hybridized carbons (Fsp3) is 0.929. The van der Waals surface area contributed by atoms with Crippen molar-refractivity contribution in [1.29, 1.82) is 5.26 Å². The molecule has 1 saturated heterocycles. The van der Waals surface area contributed by atoms with Gasteiger partial charge in [0.2, 0.25) is 10.0 Å². The average Bonchev–Trinajstić information content (AvgIpc) is 2.39. The predicted octanol–water partition coefficient (Wildman–Crippen LogP) is 2.52. The Kier molecular flexibility index (Phi) is 4.52.